The number of rotatable bonds is 6. The number of carboxylic acids is 1. The van der Waals surface area contributed by atoms with Gasteiger partial charge in [-0.2, -0.15) is 0 Å². The van der Waals surface area contributed by atoms with E-state index in [0.717, 1.165) is 61.8 Å². The second-order valence-electron chi connectivity index (χ2n) is 9.93. The van der Waals surface area contributed by atoms with Crippen molar-refractivity contribution in [3.8, 4) is 62.5 Å². The zero-order valence-electron chi connectivity index (χ0n) is 23.5. The van der Waals surface area contributed by atoms with Crippen LogP contribution in [0.3, 0.4) is 0 Å². The van der Waals surface area contributed by atoms with Crippen LogP contribution in [0.5, 0.6) is 17.2 Å². The van der Waals surface area contributed by atoms with Crippen molar-refractivity contribution in [3.05, 3.63) is 125 Å². The van der Waals surface area contributed by atoms with E-state index in [0.29, 0.717) is 11.1 Å². The molecule has 5 heteroatoms. The minimum atomic E-state index is -0.911. The Morgan fingerprint density at radius 1 is 0.643 bits per heavy atom. The summed E-state index contributed by atoms with van der Waals surface area (Å²) in [6.45, 7) is 0. The van der Waals surface area contributed by atoms with Gasteiger partial charge in [0.05, 0.1) is 21.3 Å². The fraction of sp³-hybridized carbons (Fsp3) is 0.108. The molecular formula is C37H28O5. The molecule has 0 spiro atoms. The summed E-state index contributed by atoms with van der Waals surface area (Å²) < 4.78 is 16.2. The van der Waals surface area contributed by atoms with Crippen LogP contribution < -0.4 is 14.2 Å². The van der Waals surface area contributed by atoms with Crippen molar-refractivity contribution < 1.29 is 24.1 Å². The Kier molecular flexibility index (Phi) is 7.12. The number of hydrogen-bond acceptors (Lipinski definition) is 4. The maximum atomic E-state index is 12.9. The van der Waals surface area contributed by atoms with Gasteiger partial charge in [-0.15, -0.1) is 0 Å². The van der Waals surface area contributed by atoms with E-state index in [2.05, 4.69) is 17.9 Å². The Morgan fingerprint density at radius 3 is 1.76 bits per heavy atom. The summed E-state index contributed by atoms with van der Waals surface area (Å²) in [4.78, 5) is 12.9. The Morgan fingerprint density at radius 2 is 1.19 bits per heavy atom. The van der Waals surface area contributed by atoms with Crippen LogP contribution in [0, 0.1) is 11.8 Å². The summed E-state index contributed by atoms with van der Waals surface area (Å²) >= 11 is 0. The highest BCUT2D eigenvalue weighted by Crippen LogP contribution is 2.51. The number of methoxy groups -OCH3 is 3. The monoisotopic (exact) mass is 552 g/mol. The third kappa shape index (κ3) is 4.74. The lowest BCUT2D eigenvalue weighted by Crippen LogP contribution is -2.12. The van der Waals surface area contributed by atoms with Gasteiger partial charge >= 0.3 is 5.97 Å². The third-order valence-corrected chi connectivity index (χ3v) is 7.67. The van der Waals surface area contributed by atoms with Gasteiger partial charge < -0.3 is 19.3 Å². The normalized spacial score (nSPS) is 12.9. The molecule has 0 heterocycles. The molecule has 206 valence electrons. The van der Waals surface area contributed by atoms with Gasteiger partial charge in [0.1, 0.15) is 23.2 Å². The Labute approximate surface area is 245 Å². The third-order valence-electron chi connectivity index (χ3n) is 7.67. The summed E-state index contributed by atoms with van der Waals surface area (Å²) in [5.74, 6) is 7.21. The molecule has 1 N–H and O–H groups in total. The van der Waals surface area contributed by atoms with E-state index in [9.17, 15) is 9.90 Å². The van der Waals surface area contributed by atoms with Crippen molar-refractivity contribution in [2.24, 2.45) is 0 Å². The maximum Gasteiger partial charge on any atom is 0.315 e. The first-order valence-electron chi connectivity index (χ1n) is 13.5. The molecule has 0 fully saturated rings. The second-order valence-corrected chi connectivity index (χ2v) is 9.93. The highest BCUT2D eigenvalue weighted by Gasteiger charge is 2.37. The topological polar surface area (TPSA) is 65.0 Å². The standard InChI is InChI=1S/C37H28O5/c1-40-26-15-8-23(9-16-26)10-21-31-34(25-13-19-28(42-3)20-14-25)32(24-11-17-27(41-2)18-12-24)22-33-29-6-4-5-7-30(29)36(35(31)33)37(38)39/h4-9,11-20,22,36H,1-3H3,(H,38,39). The minimum Gasteiger partial charge on any atom is -0.497 e. The van der Waals surface area contributed by atoms with Gasteiger partial charge in [-0.25, -0.2) is 0 Å². The number of hydrogen-bond donors (Lipinski definition) is 1. The van der Waals surface area contributed by atoms with Crippen LogP contribution in [0.25, 0.3) is 33.4 Å². The summed E-state index contributed by atoms with van der Waals surface area (Å²) in [6, 6.07) is 33.0. The molecule has 0 saturated heterocycles. The highest BCUT2D eigenvalue weighted by molar-refractivity contribution is 6.01. The fourth-order valence-corrected chi connectivity index (χ4v) is 5.62. The zero-order chi connectivity index (χ0) is 29.2. The molecule has 0 amide bonds. The molecule has 5 aromatic rings. The minimum absolute atomic E-state index is 0.683. The van der Waals surface area contributed by atoms with E-state index in [1.54, 1.807) is 21.3 Å². The van der Waals surface area contributed by atoms with Gasteiger partial charge in [-0.1, -0.05) is 60.4 Å². The van der Waals surface area contributed by atoms with Gasteiger partial charge in [0, 0.05) is 16.7 Å². The summed E-state index contributed by atoms with van der Waals surface area (Å²) in [5.41, 5.74) is 8.40. The average molecular weight is 553 g/mol. The number of ether oxygens (including phenoxy) is 3. The fourth-order valence-electron chi connectivity index (χ4n) is 5.62. The quantitative estimate of drug-likeness (QED) is 0.219. The second kappa shape index (κ2) is 11.2. The molecule has 42 heavy (non-hydrogen) atoms. The van der Waals surface area contributed by atoms with Gasteiger partial charge in [-0.3, -0.25) is 4.79 Å². The summed E-state index contributed by atoms with van der Waals surface area (Å²) in [6.07, 6.45) is 0. The van der Waals surface area contributed by atoms with Crippen LogP contribution in [0.2, 0.25) is 0 Å². The molecular weight excluding hydrogens is 524 g/mol. The van der Waals surface area contributed by atoms with E-state index in [4.69, 9.17) is 14.2 Å². The lowest BCUT2D eigenvalue weighted by atomic mass is 9.83. The smallest absolute Gasteiger partial charge is 0.315 e. The highest BCUT2D eigenvalue weighted by atomic mass is 16.5. The molecule has 1 unspecified atom stereocenters. The van der Waals surface area contributed by atoms with Gasteiger partial charge in [0.15, 0.2) is 0 Å². The first-order valence-corrected chi connectivity index (χ1v) is 13.5. The zero-order valence-corrected chi connectivity index (χ0v) is 23.5. The van der Waals surface area contributed by atoms with Crippen molar-refractivity contribution >= 4 is 5.97 Å². The summed E-state index contributed by atoms with van der Waals surface area (Å²) in [5, 5.41) is 10.6. The largest absolute Gasteiger partial charge is 0.497 e. The maximum absolute atomic E-state index is 12.9. The van der Waals surface area contributed by atoms with Gasteiger partial charge in [-0.05, 0) is 93.5 Å². The number of carbonyl (C=O) groups is 1. The predicted molar refractivity (Wildman–Crippen MR) is 164 cm³/mol. The SMILES string of the molecule is COc1ccc(C#Cc2c(-c3ccc(OC)cc3)c(-c3ccc(OC)cc3)cc3c2C(C(=O)O)c2ccccc2-3)cc1. The van der Waals surface area contributed by atoms with Crippen LogP contribution in [0.4, 0.5) is 0 Å². The van der Waals surface area contributed by atoms with Crippen LogP contribution in [-0.2, 0) is 4.79 Å². The molecule has 0 saturated carbocycles. The molecule has 1 aliphatic rings. The van der Waals surface area contributed by atoms with Crippen molar-refractivity contribution in [2.75, 3.05) is 21.3 Å². The molecule has 0 bridgehead atoms. The van der Waals surface area contributed by atoms with Crippen molar-refractivity contribution in [1.82, 2.24) is 0 Å². The lowest BCUT2D eigenvalue weighted by Gasteiger charge is -2.20. The number of fused-ring (bicyclic) bond motifs is 3. The van der Waals surface area contributed by atoms with E-state index >= 15 is 0 Å². The number of aliphatic carboxylic acids is 1. The molecule has 6 rings (SSSR count). The van der Waals surface area contributed by atoms with Crippen LogP contribution >= 0.6 is 0 Å². The van der Waals surface area contributed by atoms with E-state index < -0.39 is 11.9 Å². The molecule has 0 aliphatic heterocycles. The van der Waals surface area contributed by atoms with Crippen molar-refractivity contribution in [2.45, 2.75) is 5.92 Å². The van der Waals surface area contributed by atoms with E-state index in [-0.39, 0.29) is 0 Å². The Hall–Kier alpha value is -5.47. The molecule has 0 aromatic heterocycles. The van der Waals surface area contributed by atoms with Gasteiger partial charge in [0.25, 0.3) is 0 Å². The molecule has 5 aromatic carbocycles. The molecule has 5 nitrogen and oxygen atoms in total. The van der Waals surface area contributed by atoms with Crippen LogP contribution in [-0.4, -0.2) is 32.4 Å². The summed E-state index contributed by atoms with van der Waals surface area (Å²) in [7, 11) is 4.90. The first kappa shape index (κ1) is 26.7. The van der Waals surface area contributed by atoms with E-state index in [1.165, 1.54) is 0 Å². The van der Waals surface area contributed by atoms with E-state index in [1.807, 2.05) is 97.1 Å². The molecule has 1 atom stereocenters. The number of benzene rings is 5. The average Bonchev–Trinajstić information content (AvgIpc) is 3.38. The van der Waals surface area contributed by atoms with Gasteiger partial charge in [0.2, 0.25) is 0 Å². The number of carboxylic acid groups (broad SMARTS) is 1. The van der Waals surface area contributed by atoms with Crippen molar-refractivity contribution in [1.29, 1.82) is 0 Å². The molecule has 1 aliphatic carbocycles. The Balaban J connectivity index is 1.71. The molecule has 0 radical (unpaired) electrons. The van der Waals surface area contributed by atoms with Crippen LogP contribution in [0.1, 0.15) is 28.2 Å². The lowest BCUT2D eigenvalue weighted by molar-refractivity contribution is -0.137. The first-order chi connectivity index (χ1) is 20.5. The Bertz CT molecular complexity index is 1840. The van der Waals surface area contributed by atoms with Crippen LogP contribution in [0.15, 0.2) is 103 Å². The van der Waals surface area contributed by atoms with Crippen molar-refractivity contribution in [3.63, 3.8) is 0 Å². The predicted octanol–water partition coefficient (Wildman–Crippen LogP) is 7.64.